The first-order chi connectivity index (χ1) is 15.9. The number of para-hydroxylation sites is 2. The number of aromatic nitrogens is 1. The van der Waals surface area contributed by atoms with E-state index in [1.807, 2.05) is 12.1 Å². The molecule has 1 aromatic heterocycles. The maximum Gasteiger partial charge on any atom is 0.254 e. The molecule has 0 bridgehead atoms. The molecule has 0 saturated heterocycles. The first-order valence-corrected chi connectivity index (χ1v) is 11.5. The van der Waals surface area contributed by atoms with Gasteiger partial charge in [0, 0.05) is 36.6 Å². The minimum absolute atomic E-state index is 0.135. The Labute approximate surface area is 193 Å². The van der Waals surface area contributed by atoms with Gasteiger partial charge in [0.15, 0.2) is 0 Å². The van der Waals surface area contributed by atoms with Crippen molar-refractivity contribution in [3.63, 3.8) is 0 Å². The van der Waals surface area contributed by atoms with Crippen molar-refractivity contribution in [2.75, 3.05) is 11.9 Å². The lowest BCUT2D eigenvalue weighted by Crippen LogP contribution is -2.42. The summed E-state index contributed by atoms with van der Waals surface area (Å²) < 4.78 is 2.28. The van der Waals surface area contributed by atoms with E-state index in [0.717, 1.165) is 13.0 Å². The Balaban J connectivity index is 1.30. The fraction of sp³-hybridized carbons (Fsp3) is 0.346. The van der Waals surface area contributed by atoms with E-state index in [2.05, 4.69) is 52.7 Å². The van der Waals surface area contributed by atoms with Crippen molar-refractivity contribution >= 4 is 34.3 Å². The Morgan fingerprint density at radius 1 is 1.09 bits per heavy atom. The molecule has 33 heavy (non-hydrogen) atoms. The van der Waals surface area contributed by atoms with Crippen LogP contribution in [0.3, 0.4) is 0 Å². The summed E-state index contributed by atoms with van der Waals surface area (Å²) >= 11 is 0. The van der Waals surface area contributed by atoms with Gasteiger partial charge in [0.05, 0.1) is 11.3 Å². The number of fused-ring (bicyclic) bond motifs is 2. The Hall–Kier alpha value is -3.61. The van der Waals surface area contributed by atoms with Crippen LogP contribution in [0.25, 0.3) is 10.9 Å². The fourth-order valence-corrected chi connectivity index (χ4v) is 4.28. The number of carbonyl (C=O) groups is 3. The van der Waals surface area contributed by atoms with Gasteiger partial charge in [0.2, 0.25) is 11.8 Å². The summed E-state index contributed by atoms with van der Waals surface area (Å²) in [7, 11) is 0. The van der Waals surface area contributed by atoms with Crippen molar-refractivity contribution in [1.82, 2.24) is 15.2 Å². The Bertz CT molecular complexity index is 1180. The van der Waals surface area contributed by atoms with Crippen LogP contribution in [-0.4, -0.2) is 34.9 Å². The van der Waals surface area contributed by atoms with Crippen molar-refractivity contribution in [3.05, 3.63) is 65.9 Å². The maximum absolute atomic E-state index is 12.5. The molecule has 2 aromatic carbocycles. The lowest BCUT2D eigenvalue weighted by Gasteiger charge is -2.14. The second-order valence-electron chi connectivity index (χ2n) is 8.92. The molecule has 3 N–H and O–H groups in total. The number of nitrogens with zero attached hydrogens (tertiary/aromatic N) is 1. The highest BCUT2D eigenvalue weighted by Crippen LogP contribution is 2.23. The number of nitrogens with one attached hydrogen (secondary N) is 3. The van der Waals surface area contributed by atoms with Crippen LogP contribution < -0.4 is 16.0 Å². The van der Waals surface area contributed by atoms with Crippen molar-refractivity contribution in [2.45, 2.75) is 45.7 Å². The molecule has 0 radical (unpaired) electrons. The van der Waals surface area contributed by atoms with E-state index in [1.165, 1.54) is 16.5 Å². The Kier molecular flexibility index (Phi) is 6.77. The molecule has 7 heteroatoms. The zero-order valence-corrected chi connectivity index (χ0v) is 19.1. The average Bonchev–Trinajstić information content (AvgIpc) is 3.07. The summed E-state index contributed by atoms with van der Waals surface area (Å²) in [6.07, 6.45) is 3.31. The third kappa shape index (κ3) is 5.25. The average molecular weight is 447 g/mol. The monoisotopic (exact) mass is 446 g/mol. The highest BCUT2D eigenvalue weighted by molar-refractivity contribution is 6.09. The molecule has 2 heterocycles. The second kappa shape index (κ2) is 9.90. The smallest absolute Gasteiger partial charge is 0.254 e. The van der Waals surface area contributed by atoms with Crippen molar-refractivity contribution in [3.8, 4) is 0 Å². The lowest BCUT2D eigenvalue weighted by molar-refractivity contribution is -0.121. The van der Waals surface area contributed by atoms with Crippen LogP contribution in [0.1, 0.15) is 42.6 Å². The van der Waals surface area contributed by atoms with E-state index < -0.39 is 6.04 Å². The number of amides is 3. The van der Waals surface area contributed by atoms with Crippen LogP contribution >= 0.6 is 0 Å². The third-order valence-electron chi connectivity index (χ3n) is 5.86. The Morgan fingerprint density at radius 3 is 2.67 bits per heavy atom. The quantitative estimate of drug-likeness (QED) is 0.495. The number of carbonyl (C=O) groups excluding carboxylic acids is 3. The highest BCUT2D eigenvalue weighted by atomic mass is 16.2. The van der Waals surface area contributed by atoms with E-state index in [9.17, 15) is 14.4 Å². The molecule has 7 nitrogen and oxygen atoms in total. The van der Waals surface area contributed by atoms with Gasteiger partial charge in [0.1, 0.15) is 6.04 Å². The molecule has 1 aliphatic heterocycles. The molecule has 0 aliphatic carbocycles. The second-order valence-corrected chi connectivity index (χ2v) is 8.92. The predicted molar refractivity (Wildman–Crippen MR) is 129 cm³/mol. The van der Waals surface area contributed by atoms with Crippen LogP contribution in [0.15, 0.2) is 54.7 Å². The minimum atomic E-state index is -0.746. The Morgan fingerprint density at radius 2 is 1.85 bits per heavy atom. The van der Waals surface area contributed by atoms with Crippen LogP contribution in [-0.2, 0) is 22.6 Å². The first kappa shape index (κ1) is 22.6. The van der Waals surface area contributed by atoms with Gasteiger partial charge in [-0.25, -0.2) is 0 Å². The molecule has 1 aliphatic rings. The molecule has 1 atom stereocenters. The number of rotatable bonds is 8. The molecule has 3 aromatic rings. The topological polar surface area (TPSA) is 92.2 Å². The van der Waals surface area contributed by atoms with Crippen LogP contribution in [0.2, 0.25) is 0 Å². The third-order valence-corrected chi connectivity index (χ3v) is 5.86. The van der Waals surface area contributed by atoms with Crippen molar-refractivity contribution < 1.29 is 14.4 Å². The SMILES string of the molecule is CC(C)Cn1cc(CCNC(=O)CC[C@@H]2NC(=O)c3ccccc3NC2=O)c2ccccc21. The summed E-state index contributed by atoms with van der Waals surface area (Å²) in [4.78, 5) is 37.3. The fourth-order valence-electron chi connectivity index (χ4n) is 4.28. The van der Waals surface area contributed by atoms with E-state index >= 15 is 0 Å². The zero-order chi connectivity index (χ0) is 23.4. The summed E-state index contributed by atoms with van der Waals surface area (Å²) in [5, 5.41) is 9.66. The summed E-state index contributed by atoms with van der Waals surface area (Å²) in [6, 6.07) is 14.5. The zero-order valence-electron chi connectivity index (χ0n) is 19.1. The normalized spacial score (nSPS) is 15.7. The standard InChI is InChI=1S/C26H30N4O3/c1-17(2)15-30-16-18(19-7-4-6-10-23(19)30)13-14-27-24(31)12-11-22-26(33)28-21-9-5-3-8-20(21)25(32)29-22/h3-10,16-17,22H,11-15H2,1-2H3,(H,27,31)(H,28,33)(H,29,32)/t22-/m0/s1. The summed E-state index contributed by atoms with van der Waals surface area (Å²) in [5.41, 5.74) is 3.33. The number of benzene rings is 2. The molecular weight excluding hydrogens is 416 g/mol. The van der Waals surface area contributed by atoms with E-state index in [-0.39, 0.29) is 30.6 Å². The summed E-state index contributed by atoms with van der Waals surface area (Å²) in [6.45, 7) is 5.86. The van der Waals surface area contributed by atoms with Gasteiger partial charge >= 0.3 is 0 Å². The highest BCUT2D eigenvalue weighted by Gasteiger charge is 2.27. The minimum Gasteiger partial charge on any atom is -0.356 e. The molecular formula is C26H30N4O3. The van der Waals surface area contributed by atoms with E-state index in [1.54, 1.807) is 24.3 Å². The van der Waals surface area contributed by atoms with Gasteiger partial charge < -0.3 is 20.5 Å². The molecule has 4 rings (SSSR count). The molecule has 0 saturated carbocycles. The molecule has 172 valence electrons. The van der Waals surface area contributed by atoms with Gasteiger partial charge in [-0.05, 0) is 42.5 Å². The van der Waals surface area contributed by atoms with Crippen molar-refractivity contribution in [2.24, 2.45) is 5.92 Å². The van der Waals surface area contributed by atoms with Crippen LogP contribution in [0.5, 0.6) is 0 Å². The lowest BCUT2D eigenvalue weighted by atomic mass is 10.1. The number of anilines is 1. The predicted octanol–water partition coefficient (Wildman–Crippen LogP) is 3.49. The first-order valence-electron chi connectivity index (χ1n) is 11.5. The molecule has 0 unspecified atom stereocenters. The molecule has 0 spiro atoms. The van der Waals surface area contributed by atoms with Gasteiger partial charge in [-0.1, -0.05) is 44.2 Å². The van der Waals surface area contributed by atoms with E-state index in [4.69, 9.17) is 0 Å². The number of hydrogen-bond donors (Lipinski definition) is 3. The van der Waals surface area contributed by atoms with Gasteiger partial charge in [-0.3, -0.25) is 14.4 Å². The van der Waals surface area contributed by atoms with Gasteiger partial charge in [-0.2, -0.15) is 0 Å². The van der Waals surface area contributed by atoms with E-state index in [0.29, 0.717) is 23.7 Å². The number of hydrogen-bond acceptors (Lipinski definition) is 3. The largest absolute Gasteiger partial charge is 0.356 e. The van der Waals surface area contributed by atoms with Gasteiger partial charge in [-0.15, -0.1) is 0 Å². The maximum atomic E-state index is 12.5. The van der Waals surface area contributed by atoms with Crippen LogP contribution in [0.4, 0.5) is 5.69 Å². The van der Waals surface area contributed by atoms with Crippen molar-refractivity contribution in [1.29, 1.82) is 0 Å². The summed E-state index contributed by atoms with van der Waals surface area (Å²) in [5.74, 6) is -0.209. The molecule has 3 amide bonds. The molecule has 0 fully saturated rings. The van der Waals surface area contributed by atoms with Crippen LogP contribution in [0, 0.1) is 5.92 Å². The van der Waals surface area contributed by atoms with Gasteiger partial charge in [0.25, 0.3) is 5.91 Å².